The lowest BCUT2D eigenvalue weighted by molar-refractivity contribution is 0.414. The summed E-state index contributed by atoms with van der Waals surface area (Å²) < 4.78 is 37.6. The number of aryl methyl sites for hydroxylation is 1. The SMILES string of the molecule is CCC(CCNc1nc(Cc2ccc(C)cc2)ns1)NS(=O)(=O)c1ccc(OC)cc1. The monoisotopic (exact) mass is 460 g/mol. The van der Waals surface area contributed by atoms with Crippen LogP contribution in [-0.2, 0) is 16.4 Å². The predicted molar refractivity (Wildman–Crippen MR) is 124 cm³/mol. The van der Waals surface area contributed by atoms with Gasteiger partial charge in [0.25, 0.3) is 0 Å². The number of sulfonamides is 1. The van der Waals surface area contributed by atoms with Gasteiger partial charge in [0.2, 0.25) is 15.2 Å². The molecule has 1 aromatic heterocycles. The van der Waals surface area contributed by atoms with E-state index in [1.165, 1.54) is 22.7 Å². The van der Waals surface area contributed by atoms with Crippen molar-refractivity contribution in [2.45, 2.75) is 44.0 Å². The average Bonchev–Trinajstić information content (AvgIpc) is 3.21. The van der Waals surface area contributed by atoms with Crippen LogP contribution in [0.3, 0.4) is 0 Å². The van der Waals surface area contributed by atoms with E-state index in [1.54, 1.807) is 31.4 Å². The van der Waals surface area contributed by atoms with E-state index < -0.39 is 10.0 Å². The molecule has 0 bridgehead atoms. The van der Waals surface area contributed by atoms with Gasteiger partial charge in [0.05, 0.1) is 12.0 Å². The van der Waals surface area contributed by atoms with Crippen molar-refractivity contribution in [2.24, 2.45) is 0 Å². The summed E-state index contributed by atoms with van der Waals surface area (Å²) in [5.41, 5.74) is 2.40. The quantitative estimate of drug-likeness (QED) is 0.449. The molecule has 1 heterocycles. The Bertz CT molecular complexity index is 1060. The summed E-state index contributed by atoms with van der Waals surface area (Å²) in [5, 5.41) is 4.00. The molecule has 9 heteroatoms. The molecule has 2 N–H and O–H groups in total. The number of ether oxygens (including phenoxy) is 1. The fourth-order valence-corrected chi connectivity index (χ4v) is 4.99. The van der Waals surface area contributed by atoms with Crippen LogP contribution in [-0.4, -0.2) is 37.5 Å². The van der Waals surface area contributed by atoms with Crippen molar-refractivity contribution in [3.05, 3.63) is 65.5 Å². The molecular weight excluding hydrogens is 432 g/mol. The molecule has 0 radical (unpaired) electrons. The Morgan fingerprint density at radius 2 is 1.81 bits per heavy atom. The molecule has 0 aliphatic carbocycles. The van der Waals surface area contributed by atoms with Crippen molar-refractivity contribution in [2.75, 3.05) is 19.0 Å². The van der Waals surface area contributed by atoms with Gasteiger partial charge in [-0.2, -0.15) is 4.37 Å². The molecule has 3 rings (SSSR count). The summed E-state index contributed by atoms with van der Waals surface area (Å²) in [4.78, 5) is 4.76. The van der Waals surface area contributed by atoms with E-state index in [0.29, 0.717) is 31.6 Å². The zero-order valence-electron chi connectivity index (χ0n) is 18.0. The van der Waals surface area contributed by atoms with Gasteiger partial charge in [-0.05, 0) is 49.6 Å². The van der Waals surface area contributed by atoms with Gasteiger partial charge in [-0.15, -0.1) is 0 Å². The van der Waals surface area contributed by atoms with Crippen LogP contribution in [0.25, 0.3) is 0 Å². The topological polar surface area (TPSA) is 93.2 Å². The van der Waals surface area contributed by atoms with Crippen molar-refractivity contribution < 1.29 is 13.2 Å². The van der Waals surface area contributed by atoms with E-state index >= 15 is 0 Å². The van der Waals surface area contributed by atoms with Gasteiger partial charge < -0.3 is 10.1 Å². The second-order valence-electron chi connectivity index (χ2n) is 7.30. The molecule has 0 amide bonds. The van der Waals surface area contributed by atoms with E-state index in [4.69, 9.17) is 4.74 Å². The molecule has 0 aliphatic rings. The summed E-state index contributed by atoms with van der Waals surface area (Å²) in [6, 6.07) is 14.5. The molecule has 2 aromatic carbocycles. The fourth-order valence-electron chi connectivity index (χ4n) is 3.03. The number of nitrogens with one attached hydrogen (secondary N) is 2. The maximum absolute atomic E-state index is 12.6. The Morgan fingerprint density at radius 1 is 1.10 bits per heavy atom. The maximum Gasteiger partial charge on any atom is 0.240 e. The molecule has 3 aromatic rings. The van der Waals surface area contributed by atoms with E-state index in [-0.39, 0.29) is 10.9 Å². The van der Waals surface area contributed by atoms with Crippen LogP contribution < -0.4 is 14.8 Å². The minimum absolute atomic E-state index is 0.181. The highest BCUT2D eigenvalue weighted by molar-refractivity contribution is 7.89. The number of anilines is 1. The lowest BCUT2D eigenvalue weighted by Gasteiger charge is -2.17. The number of rotatable bonds is 11. The third kappa shape index (κ3) is 6.75. The summed E-state index contributed by atoms with van der Waals surface area (Å²) in [6.07, 6.45) is 2.02. The van der Waals surface area contributed by atoms with E-state index in [2.05, 4.69) is 50.6 Å². The lowest BCUT2D eigenvalue weighted by Crippen LogP contribution is -2.35. The third-order valence-electron chi connectivity index (χ3n) is 4.90. The van der Waals surface area contributed by atoms with Gasteiger partial charge in [-0.1, -0.05) is 36.8 Å². The smallest absolute Gasteiger partial charge is 0.240 e. The molecule has 166 valence electrons. The number of hydrogen-bond donors (Lipinski definition) is 2. The number of benzene rings is 2. The first-order chi connectivity index (χ1) is 14.9. The van der Waals surface area contributed by atoms with E-state index in [0.717, 1.165) is 11.0 Å². The first kappa shape index (κ1) is 23.2. The zero-order chi connectivity index (χ0) is 22.3. The second-order valence-corrected chi connectivity index (χ2v) is 9.76. The van der Waals surface area contributed by atoms with Crippen molar-refractivity contribution in [3.63, 3.8) is 0 Å². The van der Waals surface area contributed by atoms with Crippen LogP contribution in [0, 0.1) is 6.92 Å². The van der Waals surface area contributed by atoms with Crippen molar-refractivity contribution in [1.29, 1.82) is 0 Å². The average molecular weight is 461 g/mol. The second kappa shape index (κ2) is 10.7. The van der Waals surface area contributed by atoms with Gasteiger partial charge in [0, 0.05) is 30.5 Å². The molecule has 0 saturated heterocycles. The summed E-state index contributed by atoms with van der Waals surface area (Å²) in [6.45, 7) is 4.63. The Hall–Kier alpha value is -2.49. The molecule has 0 spiro atoms. The molecule has 0 aliphatic heterocycles. The number of nitrogens with zero attached hydrogens (tertiary/aromatic N) is 2. The number of aromatic nitrogens is 2. The lowest BCUT2D eigenvalue weighted by atomic mass is 10.1. The summed E-state index contributed by atoms with van der Waals surface area (Å²) >= 11 is 1.32. The minimum Gasteiger partial charge on any atom is -0.497 e. The van der Waals surface area contributed by atoms with Crippen LogP contribution in [0.5, 0.6) is 5.75 Å². The van der Waals surface area contributed by atoms with E-state index in [1.807, 2.05) is 6.92 Å². The zero-order valence-corrected chi connectivity index (χ0v) is 19.6. The Balaban J connectivity index is 1.50. The van der Waals surface area contributed by atoms with Gasteiger partial charge in [0.1, 0.15) is 11.6 Å². The van der Waals surface area contributed by atoms with Crippen LogP contribution in [0.4, 0.5) is 5.13 Å². The van der Waals surface area contributed by atoms with Crippen molar-refractivity contribution >= 4 is 26.7 Å². The molecule has 7 nitrogen and oxygen atoms in total. The van der Waals surface area contributed by atoms with Crippen LogP contribution >= 0.6 is 11.5 Å². The molecule has 1 atom stereocenters. The summed E-state index contributed by atoms with van der Waals surface area (Å²) in [5.74, 6) is 1.40. The van der Waals surface area contributed by atoms with Gasteiger partial charge in [0.15, 0.2) is 0 Å². The third-order valence-corrected chi connectivity index (χ3v) is 7.15. The highest BCUT2D eigenvalue weighted by Gasteiger charge is 2.19. The van der Waals surface area contributed by atoms with Gasteiger partial charge in [-0.25, -0.2) is 18.1 Å². The Morgan fingerprint density at radius 3 is 2.45 bits per heavy atom. The molecule has 0 fully saturated rings. The standard InChI is InChI=1S/C22H28N4O3S2/c1-4-18(26-31(27,28)20-11-9-19(29-3)10-12-20)13-14-23-22-24-21(25-30-22)15-17-7-5-16(2)6-8-17/h5-12,18,26H,4,13-15H2,1-3H3,(H,23,24,25). The molecule has 0 saturated carbocycles. The highest BCUT2D eigenvalue weighted by Crippen LogP contribution is 2.17. The number of hydrogen-bond acceptors (Lipinski definition) is 7. The molecule has 1 unspecified atom stereocenters. The number of methoxy groups -OCH3 is 1. The summed E-state index contributed by atoms with van der Waals surface area (Å²) in [7, 11) is -2.04. The van der Waals surface area contributed by atoms with Crippen LogP contribution in [0.15, 0.2) is 53.4 Å². The normalized spacial score (nSPS) is 12.5. The molecular formula is C22H28N4O3S2. The van der Waals surface area contributed by atoms with Crippen LogP contribution in [0.2, 0.25) is 0 Å². The van der Waals surface area contributed by atoms with Crippen molar-refractivity contribution in [1.82, 2.24) is 14.1 Å². The highest BCUT2D eigenvalue weighted by atomic mass is 32.2. The maximum atomic E-state index is 12.6. The van der Waals surface area contributed by atoms with E-state index in [9.17, 15) is 8.42 Å². The molecule has 31 heavy (non-hydrogen) atoms. The fraction of sp³-hybridized carbons (Fsp3) is 0.364. The first-order valence-corrected chi connectivity index (χ1v) is 12.4. The van der Waals surface area contributed by atoms with Gasteiger partial charge >= 0.3 is 0 Å². The Labute approximate surface area is 188 Å². The Kier molecular flexibility index (Phi) is 8.00. The van der Waals surface area contributed by atoms with Crippen LogP contribution in [0.1, 0.15) is 36.7 Å². The minimum atomic E-state index is -3.58. The first-order valence-electron chi connectivity index (χ1n) is 10.2. The van der Waals surface area contributed by atoms with Gasteiger partial charge in [-0.3, -0.25) is 0 Å². The van der Waals surface area contributed by atoms with Crippen molar-refractivity contribution in [3.8, 4) is 5.75 Å². The largest absolute Gasteiger partial charge is 0.497 e. The predicted octanol–water partition coefficient (Wildman–Crippen LogP) is 4.01.